The molecule has 2 aliphatic rings. The molecule has 0 spiro atoms. The molecule has 0 aliphatic carbocycles. The normalized spacial score (nSPS) is 20.7. The number of allylic oxidation sites excluding steroid dienone is 1. The maximum Gasteiger partial charge on any atom is 0.275 e. The topological polar surface area (TPSA) is 80.6 Å². The van der Waals surface area contributed by atoms with Crippen molar-refractivity contribution in [3.05, 3.63) is 74.2 Å². The minimum atomic E-state index is -0.985. The summed E-state index contributed by atoms with van der Waals surface area (Å²) in [6.45, 7) is 6.20. The van der Waals surface area contributed by atoms with E-state index in [-0.39, 0.29) is 59.6 Å². The highest BCUT2D eigenvalue weighted by Gasteiger charge is 2.40. The number of amides is 2. The molecule has 1 aromatic heterocycles. The van der Waals surface area contributed by atoms with Crippen molar-refractivity contribution in [3.63, 3.8) is 0 Å². The highest BCUT2D eigenvalue weighted by Crippen LogP contribution is 2.35. The first-order valence-corrected chi connectivity index (χ1v) is 12.3. The van der Waals surface area contributed by atoms with Gasteiger partial charge in [0.05, 0.1) is 12.6 Å². The molecule has 2 aromatic rings. The number of nitrogens with one attached hydrogen (secondary N) is 1. The van der Waals surface area contributed by atoms with Crippen molar-refractivity contribution < 1.29 is 23.1 Å². The van der Waals surface area contributed by atoms with Gasteiger partial charge in [-0.2, -0.15) is 0 Å². The summed E-state index contributed by atoms with van der Waals surface area (Å²) in [5, 5.41) is 1.83. The highest BCUT2D eigenvalue weighted by molar-refractivity contribution is 6.30. The molecule has 2 amide bonds. The van der Waals surface area contributed by atoms with Crippen molar-refractivity contribution in [2.45, 2.75) is 52.2 Å². The molecule has 0 radical (unpaired) electrons. The fourth-order valence-corrected chi connectivity index (χ4v) is 4.70. The van der Waals surface area contributed by atoms with Crippen molar-refractivity contribution >= 4 is 23.4 Å². The maximum atomic E-state index is 14.3. The lowest BCUT2D eigenvalue weighted by Crippen LogP contribution is -2.48. The summed E-state index contributed by atoms with van der Waals surface area (Å²) in [7, 11) is 0. The average molecular weight is 520 g/mol. The number of rotatable bonds is 7. The summed E-state index contributed by atoms with van der Waals surface area (Å²) >= 11 is 5.63. The van der Waals surface area contributed by atoms with E-state index in [9.17, 15) is 23.2 Å². The van der Waals surface area contributed by atoms with E-state index >= 15 is 0 Å². The molecule has 192 valence electrons. The fourth-order valence-electron chi connectivity index (χ4n) is 4.51. The van der Waals surface area contributed by atoms with Gasteiger partial charge in [-0.15, -0.1) is 0 Å². The SMILES string of the molecule is CCCCOc1c2n(cc(C(=O)NCc3ccc(F)c(Cl)c3F)c1=O)[C@@H]1CN(C2=O)[C@@H](C)C=C[C@H]1C. The van der Waals surface area contributed by atoms with Gasteiger partial charge in [-0.3, -0.25) is 14.4 Å². The molecule has 3 heterocycles. The van der Waals surface area contributed by atoms with Crippen molar-refractivity contribution in [3.8, 4) is 5.75 Å². The Kier molecular flexibility index (Phi) is 7.49. The van der Waals surface area contributed by atoms with Crippen LogP contribution >= 0.6 is 11.6 Å². The lowest BCUT2D eigenvalue weighted by molar-refractivity contribution is 0.0609. The predicted octanol–water partition coefficient (Wildman–Crippen LogP) is 4.48. The summed E-state index contributed by atoms with van der Waals surface area (Å²) in [5.41, 5.74) is -0.847. The van der Waals surface area contributed by atoms with E-state index in [0.717, 1.165) is 12.5 Å². The van der Waals surface area contributed by atoms with Gasteiger partial charge in [0.2, 0.25) is 5.43 Å². The standard InChI is InChI=1S/C26H28ClF2N3O4/c1-4-5-10-36-24-22-26(35)31-13-19(14(2)6-7-15(31)3)32(22)12-17(23(24)33)25(34)30-11-16-8-9-18(28)20(27)21(16)29/h6-9,12,14-15,19H,4-5,10-11,13H2,1-3H3,(H,30,34)/t14-,15+,19-/m1/s1. The Bertz CT molecular complexity index is 1290. The maximum absolute atomic E-state index is 14.3. The van der Waals surface area contributed by atoms with Crippen LogP contribution in [0.25, 0.3) is 0 Å². The lowest BCUT2D eigenvalue weighted by Gasteiger charge is -2.39. The van der Waals surface area contributed by atoms with Crippen LogP contribution in [-0.4, -0.2) is 40.5 Å². The van der Waals surface area contributed by atoms with Crippen LogP contribution in [0.5, 0.6) is 5.75 Å². The first-order valence-electron chi connectivity index (χ1n) is 12.0. The zero-order valence-electron chi connectivity index (χ0n) is 20.3. The largest absolute Gasteiger partial charge is 0.487 e. The first-order chi connectivity index (χ1) is 17.1. The summed E-state index contributed by atoms with van der Waals surface area (Å²) in [5.74, 6) is -3.14. The predicted molar refractivity (Wildman–Crippen MR) is 131 cm³/mol. The number of hydrogen-bond donors (Lipinski definition) is 1. The molecule has 4 rings (SSSR count). The smallest absolute Gasteiger partial charge is 0.275 e. The van der Waals surface area contributed by atoms with Gasteiger partial charge in [0, 0.05) is 30.9 Å². The minimum absolute atomic E-state index is 0.0154. The van der Waals surface area contributed by atoms with Gasteiger partial charge in [-0.1, -0.05) is 50.1 Å². The van der Waals surface area contributed by atoms with Crippen LogP contribution in [0.4, 0.5) is 8.78 Å². The quantitative estimate of drug-likeness (QED) is 0.332. The number of carbonyl (C=O) groups excluding carboxylic acids is 2. The molecular weight excluding hydrogens is 492 g/mol. The monoisotopic (exact) mass is 519 g/mol. The molecule has 1 aromatic carbocycles. The van der Waals surface area contributed by atoms with Gasteiger partial charge in [0.25, 0.3) is 11.8 Å². The second-order valence-electron chi connectivity index (χ2n) is 9.19. The van der Waals surface area contributed by atoms with E-state index in [1.807, 2.05) is 32.9 Å². The Labute approximate surface area is 212 Å². The molecule has 0 saturated carbocycles. The van der Waals surface area contributed by atoms with Crippen molar-refractivity contribution in [1.29, 1.82) is 0 Å². The highest BCUT2D eigenvalue weighted by atomic mass is 35.5. The second kappa shape index (κ2) is 10.4. The lowest BCUT2D eigenvalue weighted by atomic mass is 9.98. The van der Waals surface area contributed by atoms with Gasteiger partial charge in [-0.05, 0) is 25.3 Å². The summed E-state index contributed by atoms with van der Waals surface area (Å²) in [6.07, 6.45) is 6.84. The number of benzene rings is 1. The second-order valence-corrected chi connectivity index (χ2v) is 9.56. The van der Waals surface area contributed by atoms with Gasteiger partial charge in [0.1, 0.15) is 22.2 Å². The Hall–Kier alpha value is -3.20. The van der Waals surface area contributed by atoms with Gasteiger partial charge in [-0.25, -0.2) is 8.78 Å². The van der Waals surface area contributed by atoms with Gasteiger partial charge >= 0.3 is 0 Å². The molecule has 0 saturated heterocycles. The molecule has 2 bridgehead atoms. The third-order valence-corrected chi connectivity index (χ3v) is 7.08. The van der Waals surface area contributed by atoms with E-state index in [4.69, 9.17) is 16.3 Å². The average Bonchev–Trinajstić information content (AvgIpc) is 2.98. The third kappa shape index (κ3) is 4.64. The number of unbranched alkanes of at least 4 members (excludes halogenated alkanes) is 1. The minimum Gasteiger partial charge on any atom is -0.487 e. The van der Waals surface area contributed by atoms with Crippen LogP contribution in [0.2, 0.25) is 5.02 Å². The zero-order chi connectivity index (χ0) is 26.1. The first kappa shape index (κ1) is 25.9. The zero-order valence-corrected chi connectivity index (χ0v) is 21.1. The van der Waals surface area contributed by atoms with E-state index in [2.05, 4.69) is 5.32 Å². The van der Waals surface area contributed by atoms with Crippen molar-refractivity contribution in [2.75, 3.05) is 13.2 Å². The van der Waals surface area contributed by atoms with Gasteiger partial charge in [0.15, 0.2) is 11.4 Å². The number of nitrogens with zero attached hydrogens (tertiary/aromatic N) is 2. The molecule has 1 N–H and O–H groups in total. The van der Waals surface area contributed by atoms with Crippen molar-refractivity contribution in [2.24, 2.45) is 5.92 Å². The van der Waals surface area contributed by atoms with Crippen LogP contribution in [0.3, 0.4) is 0 Å². The number of pyridine rings is 1. The van der Waals surface area contributed by atoms with E-state index in [1.165, 1.54) is 12.3 Å². The fraction of sp³-hybridized carbons (Fsp3) is 0.423. The number of aromatic nitrogens is 1. The summed E-state index contributed by atoms with van der Waals surface area (Å²) in [4.78, 5) is 41.7. The van der Waals surface area contributed by atoms with Gasteiger partial charge < -0.3 is 19.5 Å². The number of ether oxygens (including phenoxy) is 1. The van der Waals surface area contributed by atoms with Crippen LogP contribution in [0.1, 0.15) is 66.1 Å². The molecule has 10 heteroatoms. The van der Waals surface area contributed by atoms with Crippen LogP contribution in [0.15, 0.2) is 35.3 Å². The number of carbonyl (C=O) groups is 2. The van der Waals surface area contributed by atoms with Crippen molar-refractivity contribution in [1.82, 2.24) is 14.8 Å². The Morgan fingerprint density at radius 2 is 1.97 bits per heavy atom. The third-order valence-electron chi connectivity index (χ3n) is 6.73. The molecular formula is C26H28ClF2N3O4. The molecule has 0 unspecified atom stereocenters. The van der Waals surface area contributed by atoms with E-state index < -0.39 is 28.0 Å². The molecule has 7 nitrogen and oxygen atoms in total. The van der Waals surface area contributed by atoms with Crippen LogP contribution in [0, 0.1) is 17.6 Å². The summed E-state index contributed by atoms with van der Waals surface area (Å²) in [6, 6.07) is 1.80. The van der Waals surface area contributed by atoms with E-state index in [1.54, 1.807) is 9.47 Å². The molecule has 3 atom stereocenters. The van der Waals surface area contributed by atoms with E-state index in [0.29, 0.717) is 13.0 Å². The number of halogens is 3. The van der Waals surface area contributed by atoms with Crippen LogP contribution < -0.4 is 15.5 Å². The summed E-state index contributed by atoms with van der Waals surface area (Å²) < 4.78 is 35.3. The Morgan fingerprint density at radius 3 is 2.69 bits per heavy atom. The molecule has 2 aliphatic heterocycles. The Balaban J connectivity index is 1.75. The number of fused-ring (bicyclic) bond motifs is 4. The Morgan fingerprint density at radius 1 is 1.22 bits per heavy atom. The molecule has 0 fully saturated rings. The molecule has 36 heavy (non-hydrogen) atoms. The number of hydrogen-bond acceptors (Lipinski definition) is 4. The van der Waals surface area contributed by atoms with Crippen LogP contribution in [-0.2, 0) is 6.54 Å².